The zero-order valence-corrected chi connectivity index (χ0v) is 9.26. The number of nitrogens with one attached hydrogen (secondary N) is 1. The third kappa shape index (κ3) is 5.98. The van der Waals surface area contributed by atoms with Gasteiger partial charge in [0.1, 0.15) is 0 Å². The number of nitrogens with two attached hydrogens (primary N) is 1. The lowest BCUT2D eigenvalue weighted by Crippen LogP contribution is -2.40. The summed E-state index contributed by atoms with van der Waals surface area (Å²) < 4.78 is 24.8. The molecular formula is C7H19N3O2S. The first kappa shape index (κ1) is 12.8. The molecule has 1 unspecified atom stereocenters. The summed E-state index contributed by atoms with van der Waals surface area (Å²) in [6.45, 7) is 2.53. The van der Waals surface area contributed by atoms with Crippen molar-refractivity contribution in [1.29, 1.82) is 0 Å². The van der Waals surface area contributed by atoms with E-state index in [-0.39, 0.29) is 18.3 Å². The maximum atomic E-state index is 11.1. The van der Waals surface area contributed by atoms with Gasteiger partial charge in [-0.15, -0.1) is 0 Å². The summed E-state index contributed by atoms with van der Waals surface area (Å²) in [7, 11) is 0.647. The average molecular weight is 209 g/mol. The zero-order valence-electron chi connectivity index (χ0n) is 8.45. The molecule has 0 aromatic rings. The van der Waals surface area contributed by atoms with Crippen molar-refractivity contribution < 1.29 is 8.42 Å². The maximum Gasteiger partial charge on any atom is 0.212 e. The molecule has 0 saturated carbocycles. The van der Waals surface area contributed by atoms with E-state index in [0.29, 0.717) is 6.54 Å². The van der Waals surface area contributed by atoms with Gasteiger partial charge in [0.15, 0.2) is 0 Å². The summed E-state index contributed by atoms with van der Waals surface area (Å²) in [5.41, 5.74) is 5.15. The van der Waals surface area contributed by atoms with Crippen LogP contribution in [-0.4, -0.2) is 52.3 Å². The molecule has 80 valence electrons. The van der Waals surface area contributed by atoms with Crippen LogP contribution in [0.25, 0.3) is 0 Å². The van der Waals surface area contributed by atoms with Crippen molar-refractivity contribution in [3.63, 3.8) is 0 Å². The third-order valence-electron chi connectivity index (χ3n) is 1.87. The molecule has 6 heteroatoms. The Kier molecular flexibility index (Phi) is 5.46. The van der Waals surface area contributed by atoms with Crippen molar-refractivity contribution in [2.24, 2.45) is 5.73 Å². The van der Waals surface area contributed by atoms with E-state index in [2.05, 4.69) is 4.72 Å². The van der Waals surface area contributed by atoms with Crippen molar-refractivity contribution in [1.82, 2.24) is 9.62 Å². The fraction of sp³-hybridized carbons (Fsp3) is 1.00. The predicted octanol–water partition coefficient (Wildman–Crippen LogP) is -1.19. The number of hydrogen-bond donors (Lipinski definition) is 2. The molecule has 5 nitrogen and oxygen atoms in total. The number of sulfonamides is 1. The standard InChI is InChI=1S/C7H19N3O2S/c1-7(10(2)3)6-9-13(11,12)5-4-8/h7,9H,4-6,8H2,1-3H3. The zero-order chi connectivity index (χ0) is 10.5. The second-order valence-electron chi connectivity index (χ2n) is 3.27. The van der Waals surface area contributed by atoms with Gasteiger partial charge in [-0.25, -0.2) is 13.1 Å². The van der Waals surface area contributed by atoms with Gasteiger partial charge in [-0.2, -0.15) is 0 Å². The van der Waals surface area contributed by atoms with Gasteiger partial charge in [-0.05, 0) is 21.0 Å². The van der Waals surface area contributed by atoms with Gasteiger partial charge in [-0.3, -0.25) is 0 Å². The lowest BCUT2D eigenvalue weighted by Gasteiger charge is -2.19. The highest BCUT2D eigenvalue weighted by Gasteiger charge is 2.11. The molecule has 0 aliphatic carbocycles. The SMILES string of the molecule is CC(CNS(=O)(=O)CCN)N(C)C. The highest BCUT2D eigenvalue weighted by molar-refractivity contribution is 7.89. The highest BCUT2D eigenvalue weighted by Crippen LogP contribution is 1.90. The first-order valence-corrected chi connectivity index (χ1v) is 5.88. The Morgan fingerprint density at radius 3 is 2.38 bits per heavy atom. The Hall–Kier alpha value is -0.170. The van der Waals surface area contributed by atoms with E-state index < -0.39 is 10.0 Å². The minimum absolute atomic E-state index is 0.00680. The van der Waals surface area contributed by atoms with Crippen molar-refractivity contribution in [2.75, 3.05) is 32.9 Å². The molecule has 0 fully saturated rings. The molecule has 3 N–H and O–H groups in total. The van der Waals surface area contributed by atoms with E-state index in [0.717, 1.165) is 0 Å². The van der Waals surface area contributed by atoms with Crippen LogP contribution in [0.1, 0.15) is 6.92 Å². The van der Waals surface area contributed by atoms with Gasteiger partial charge in [0.2, 0.25) is 10.0 Å². The van der Waals surface area contributed by atoms with Crippen LogP contribution in [0.4, 0.5) is 0 Å². The molecule has 0 spiro atoms. The third-order valence-corrected chi connectivity index (χ3v) is 3.25. The van der Waals surface area contributed by atoms with E-state index in [1.807, 2.05) is 25.9 Å². The molecule has 1 atom stereocenters. The van der Waals surface area contributed by atoms with Crippen molar-refractivity contribution in [3.05, 3.63) is 0 Å². The molecule has 0 aromatic heterocycles. The first-order valence-electron chi connectivity index (χ1n) is 4.23. The lowest BCUT2D eigenvalue weighted by molar-refractivity contribution is 0.314. The van der Waals surface area contributed by atoms with Crippen LogP contribution in [-0.2, 0) is 10.0 Å². The van der Waals surface area contributed by atoms with Crippen LogP contribution in [0.2, 0.25) is 0 Å². The van der Waals surface area contributed by atoms with Crippen LogP contribution >= 0.6 is 0 Å². The fourth-order valence-corrected chi connectivity index (χ4v) is 1.61. The summed E-state index contributed by atoms with van der Waals surface area (Å²) >= 11 is 0. The largest absolute Gasteiger partial charge is 0.329 e. The summed E-state index contributed by atoms with van der Waals surface area (Å²) in [4.78, 5) is 1.95. The van der Waals surface area contributed by atoms with Gasteiger partial charge in [0.25, 0.3) is 0 Å². The van der Waals surface area contributed by atoms with E-state index in [1.54, 1.807) is 0 Å². The smallest absolute Gasteiger partial charge is 0.212 e. The molecule has 13 heavy (non-hydrogen) atoms. The molecule has 0 aliphatic rings. The number of nitrogens with zero attached hydrogens (tertiary/aromatic N) is 1. The molecule has 0 amide bonds. The molecule has 0 rings (SSSR count). The fourth-order valence-electron chi connectivity index (χ4n) is 0.657. The summed E-state index contributed by atoms with van der Waals surface area (Å²) in [5, 5.41) is 0. The van der Waals surface area contributed by atoms with Crippen LogP contribution in [0.3, 0.4) is 0 Å². The molecule has 0 bridgehead atoms. The predicted molar refractivity (Wildman–Crippen MR) is 54.0 cm³/mol. The molecule has 0 aliphatic heterocycles. The maximum absolute atomic E-state index is 11.1. The second kappa shape index (κ2) is 5.54. The van der Waals surface area contributed by atoms with Crippen molar-refractivity contribution in [3.8, 4) is 0 Å². The number of rotatable bonds is 6. The van der Waals surface area contributed by atoms with Crippen LogP contribution in [0.5, 0.6) is 0 Å². The minimum Gasteiger partial charge on any atom is -0.329 e. The van der Waals surface area contributed by atoms with Gasteiger partial charge in [0, 0.05) is 19.1 Å². The van der Waals surface area contributed by atoms with Crippen LogP contribution < -0.4 is 10.5 Å². The van der Waals surface area contributed by atoms with Gasteiger partial charge in [0.05, 0.1) is 5.75 Å². The Balaban J connectivity index is 3.88. The quantitative estimate of drug-likeness (QED) is 0.577. The molecule has 0 heterocycles. The summed E-state index contributed by atoms with van der Waals surface area (Å²) in [6, 6.07) is 0.188. The Bertz CT molecular complexity index is 226. The molecular weight excluding hydrogens is 190 g/mol. The van der Waals surface area contributed by atoms with Crippen LogP contribution in [0.15, 0.2) is 0 Å². The topological polar surface area (TPSA) is 75.4 Å². The number of likely N-dealkylation sites (N-methyl/N-ethyl adjacent to an activating group) is 1. The molecule has 0 aromatic carbocycles. The average Bonchev–Trinajstić information content (AvgIpc) is 2.00. The number of hydrogen-bond acceptors (Lipinski definition) is 4. The van der Waals surface area contributed by atoms with Crippen LogP contribution in [0, 0.1) is 0 Å². The Labute approximate surface area is 80.3 Å². The van der Waals surface area contributed by atoms with Gasteiger partial charge >= 0.3 is 0 Å². The first-order chi connectivity index (χ1) is 5.89. The van der Waals surface area contributed by atoms with Gasteiger partial charge < -0.3 is 10.6 Å². The monoisotopic (exact) mass is 209 g/mol. The summed E-state index contributed by atoms with van der Waals surface area (Å²) in [6.07, 6.45) is 0. The summed E-state index contributed by atoms with van der Waals surface area (Å²) in [5.74, 6) is -0.00680. The minimum atomic E-state index is -3.16. The van der Waals surface area contributed by atoms with Crippen molar-refractivity contribution >= 4 is 10.0 Å². The second-order valence-corrected chi connectivity index (χ2v) is 5.20. The highest BCUT2D eigenvalue weighted by atomic mass is 32.2. The molecule has 0 radical (unpaired) electrons. The van der Waals surface area contributed by atoms with Crippen molar-refractivity contribution in [2.45, 2.75) is 13.0 Å². The Morgan fingerprint density at radius 2 is 2.00 bits per heavy atom. The lowest BCUT2D eigenvalue weighted by atomic mass is 10.3. The van der Waals surface area contributed by atoms with Gasteiger partial charge in [-0.1, -0.05) is 0 Å². The normalized spacial score (nSPS) is 14.8. The Morgan fingerprint density at radius 1 is 1.46 bits per heavy atom. The van der Waals surface area contributed by atoms with E-state index in [4.69, 9.17) is 5.73 Å². The van der Waals surface area contributed by atoms with E-state index in [1.165, 1.54) is 0 Å². The molecule has 0 saturated heterocycles. The van der Waals surface area contributed by atoms with E-state index >= 15 is 0 Å². The van der Waals surface area contributed by atoms with E-state index in [9.17, 15) is 8.42 Å².